The number of rotatable bonds is 8. The number of carbonyl (C=O) groups excluding carboxylic acids is 2. The molecule has 0 aliphatic heterocycles. The van der Waals surface area contributed by atoms with Crippen LogP contribution in [-0.4, -0.2) is 36.3 Å². The quantitative estimate of drug-likeness (QED) is 0.306. The first-order chi connectivity index (χ1) is 16.8. The number of nitrogens with zero attached hydrogens (tertiary/aromatic N) is 2. The number of carbonyl (C=O) groups is 2. The van der Waals surface area contributed by atoms with Gasteiger partial charge in [-0.25, -0.2) is 13.4 Å². The van der Waals surface area contributed by atoms with E-state index in [-0.39, 0.29) is 22.9 Å². The Hall–Kier alpha value is -3.96. The van der Waals surface area contributed by atoms with Crippen LogP contribution in [0.5, 0.6) is 0 Å². The van der Waals surface area contributed by atoms with Crippen LogP contribution in [0.1, 0.15) is 10.4 Å². The van der Waals surface area contributed by atoms with E-state index < -0.39 is 15.9 Å². The zero-order chi connectivity index (χ0) is 24.8. The van der Waals surface area contributed by atoms with E-state index in [0.717, 1.165) is 10.2 Å². The van der Waals surface area contributed by atoms with Crippen molar-refractivity contribution in [1.82, 2.24) is 14.9 Å². The molecule has 178 valence electrons. The predicted molar refractivity (Wildman–Crippen MR) is 136 cm³/mol. The van der Waals surface area contributed by atoms with Gasteiger partial charge >= 0.3 is 0 Å². The summed E-state index contributed by atoms with van der Waals surface area (Å²) >= 11 is 3.27. The molecular formula is C24H20BrN5O4S. The second-order valence-electron chi connectivity index (χ2n) is 7.38. The Labute approximate surface area is 210 Å². The molecule has 3 aromatic carbocycles. The number of imidazole rings is 1. The number of anilines is 2. The highest BCUT2D eigenvalue weighted by Crippen LogP contribution is 2.19. The van der Waals surface area contributed by atoms with Crippen LogP contribution in [-0.2, 0) is 14.8 Å². The van der Waals surface area contributed by atoms with Gasteiger partial charge in [0.05, 0.1) is 17.8 Å². The van der Waals surface area contributed by atoms with E-state index in [1.165, 1.54) is 36.4 Å². The number of sulfonamides is 1. The van der Waals surface area contributed by atoms with Gasteiger partial charge in [0, 0.05) is 39.5 Å². The minimum absolute atomic E-state index is 0.116. The highest BCUT2D eigenvalue weighted by molar-refractivity contribution is 9.10. The minimum Gasteiger partial charge on any atom is -0.343 e. The van der Waals surface area contributed by atoms with Gasteiger partial charge in [-0.15, -0.1) is 0 Å². The normalized spacial score (nSPS) is 11.0. The number of amides is 2. The van der Waals surface area contributed by atoms with Crippen LogP contribution in [0.2, 0.25) is 0 Å². The molecule has 0 saturated carbocycles. The van der Waals surface area contributed by atoms with E-state index in [2.05, 4.69) is 36.3 Å². The van der Waals surface area contributed by atoms with E-state index in [9.17, 15) is 18.0 Å². The van der Waals surface area contributed by atoms with E-state index in [1.54, 1.807) is 36.8 Å². The molecule has 9 nitrogen and oxygen atoms in total. The smallest absolute Gasteiger partial charge is 0.261 e. The number of hydrogen-bond acceptors (Lipinski definition) is 5. The molecule has 0 fully saturated rings. The highest BCUT2D eigenvalue weighted by Gasteiger charge is 2.15. The second kappa shape index (κ2) is 10.5. The standard InChI is InChI=1S/C24H20BrN5O4S/c25-18-3-11-22(12-4-18)35(33,34)29-20-5-1-17(2-6-20)24(32)27-15-23(31)28-19-7-9-21(10-8-19)30-14-13-26-16-30/h1-14,16,29H,15H2,(H,27,32)(H,28,31). The minimum atomic E-state index is -3.76. The van der Waals surface area contributed by atoms with E-state index in [0.29, 0.717) is 11.4 Å². The van der Waals surface area contributed by atoms with Crippen molar-refractivity contribution >= 4 is 49.1 Å². The average Bonchev–Trinajstić information content (AvgIpc) is 3.39. The fourth-order valence-corrected chi connectivity index (χ4v) is 4.44. The van der Waals surface area contributed by atoms with E-state index in [1.807, 2.05) is 22.9 Å². The van der Waals surface area contributed by atoms with Crippen molar-refractivity contribution in [2.75, 3.05) is 16.6 Å². The largest absolute Gasteiger partial charge is 0.343 e. The molecule has 1 aromatic heterocycles. The molecule has 35 heavy (non-hydrogen) atoms. The van der Waals surface area contributed by atoms with Crippen molar-refractivity contribution in [3.05, 3.63) is 102 Å². The molecule has 1 heterocycles. The molecule has 4 rings (SSSR count). The molecule has 0 aliphatic carbocycles. The van der Waals surface area contributed by atoms with Crippen LogP contribution in [0.15, 0.2) is 101 Å². The predicted octanol–water partition coefficient (Wildman–Crippen LogP) is 3.80. The summed E-state index contributed by atoms with van der Waals surface area (Å²) in [6, 6.07) is 19.3. The summed E-state index contributed by atoms with van der Waals surface area (Å²) in [5.74, 6) is -0.842. The number of hydrogen-bond donors (Lipinski definition) is 3. The van der Waals surface area contributed by atoms with Crippen LogP contribution >= 0.6 is 15.9 Å². The Morgan fingerprint density at radius 2 is 1.54 bits per heavy atom. The fourth-order valence-electron chi connectivity index (χ4n) is 3.11. The molecule has 0 aliphatic rings. The summed E-state index contributed by atoms with van der Waals surface area (Å²) < 4.78 is 30.0. The maximum Gasteiger partial charge on any atom is 0.261 e. The summed E-state index contributed by atoms with van der Waals surface area (Å²) in [7, 11) is -3.76. The number of aromatic nitrogens is 2. The van der Waals surface area contributed by atoms with Gasteiger partial charge in [-0.1, -0.05) is 15.9 Å². The molecular weight excluding hydrogens is 534 g/mol. The lowest BCUT2D eigenvalue weighted by Crippen LogP contribution is -2.32. The topological polar surface area (TPSA) is 122 Å². The van der Waals surface area contributed by atoms with E-state index >= 15 is 0 Å². The Morgan fingerprint density at radius 1 is 0.886 bits per heavy atom. The van der Waals surface area contributed by atoms with Crippen molar-refractivity contribution in [1.29, 1.82) is 0 Å². The van der Waals surface area contributed by atoms with Crippen LogP contribution in [0, 0.1) is 0 Å². The molecule has 0 spiro atoms. The van der Waals surface area contributed by atoms with Gasteiger partial charge < -0.3 is 15.2 Å². The molecule has 0 radical (unpaired) electrons. The third-order valence-corrected chi connectivity index (χ3v) is 6.81. The van der Waals surface area contributed by atoms with Gasteiger partial charge in [-0.05, 0) is 72.8 Å². The SMILES string of the molecule is O=C(CNC(=O)c1ccc(NS(=O)(=O)c2ccc(Br)cc2)cc1)Nc1ccc(-n2ccnc2)cc1. The monoisotopic (exact) mass is 553 g/mol. The van der Waals surface area contributed by atoms with Gasteiger partial charge in [-0.2, -0.15) is 0 Å². The van der Waals surface area contributed by atoms with Crippen LogP contribution < -0.4 is 15.4 Å². The van der Waals surface area contributed by atoms with Gasteiger partial charge in [0.25, 0.3) is 15.9 Å². The van der Waals surface area contributed by atoms with Crippen molar-refractivity contribution in [3.8, 4) is 5.69 Å². The lowest BCUT2D eigenvalue weighted by Gasteiger charge is -2.10. The number of nitrogens with one attached hydrogen (secondary N) is 3. The molecule has 11 heteroatoms. The van der Waals surface area contributed by atoms with Gasteiger partial charge in [-0.3, -0.25) is 14.3 Å². The Morgan fingerprint density at radius 3 is 2.17 bits per heavy atom. The van der Waals surface area contributed by atoms with Gasteiger partial charge in [0.2, 0.25) is 5.91 Å². The second-order valence-corrected chi connectivity index (χ2v) is 9.98. The first kappa shape index (κ1) is 24.2. The van der Waals surface area contributed by atoms with Crippen LogP contribution in [0.25, 0.3) is 5.69 Å². The summed E-state index contributed by atoms with van der Waals surface area (Å²) in [5.41, 5.74) is 2.09. The fraction of sp³-hybridized carbons (Fsp3) is 0.0417. The van der Waals surface area contributed by atoms with Gasteiger partial charge in [0.1, 0.15) is 0 Å². The lowest BCUT2D eigenvalue weighted by atomic mass is 10.2. The van der Waals surface area contributed by atoms with Crippen LogP contribution in [0.4, 0.5) is 11.4 Å². The molecule has 2 amide bonds. The lowest BCUT2D eigenvalue weighted by molar-refractivity contribution is -0.115. The van der Waals surface area contributed by atoms with Crippen molar-refractivity contribution in [2.45, 2.75) is 4.90 Å². The molecule has 0 bridgehead atoms. The molecule has 4 aromatic rings. The summed E-state index contributed by atoms with van der Waals surface area (Å²) in [6.45, 7) is -0.222. The molecule has 0 atom stereocenters. The van der Waals surface area contributed by atoms with Gasteiger partial charge in [0.15, 0.2) is 0 Å². The van der Waals surface area contributed by atoms with Crippen molar-refractivity contribution in [2.24, 2.45) is 0 Å². The summed E-state index contributed by atoms with van der Waals surface area (Å²) in [6.07, 6.45) is 5.16. The van der Waals surface area contributed by atoms with Crippen molar-refractivity contribution in [3.63, 3.8) is 0 Å². The van der Waals surface area contributed by atoms with E-state index in [4.69, 9.17) is 0 Å². The summed E-state index contributed by atoms with van der Waals surface area (Å²) in [5, 5.41) is 5.26. The third kappa shape index (κ3) is 6.34. The van der Waals surface area contributed by atoms with Crippen molar-refractivity contribution < 1.29 is 18.0 Å². The Balaban J connectivity index is 1.29. The molecule has 0 saturated heterocycles. The molecule has 0 unspecified atom stereocenters. The third-order valence-electron chi connectivity index (χ3n) is 4.89. The van der Waals surface area contributed by atoms with Crippen LogP contribution in [0.3, 0.4) is 0 Å². The Kier molecular flexibility index (Phi) is 7.28. The number of halogens is 1. The zero-order valence-electron chi connectivity index (χ0n) is 18.2. The maximum absolute atomic E-state index is 12.5. The molecule has 3 N–H and O–H groups in total. The zero-order valence-corrected chi connectivity index (χ0v) is 20.6. The highest BCUT2D eigenvalue weighted by atomic mass is 79.9. The number of benzene rings is 3. The maximum atomic E-state index is 12.5. The first-order valence-electron chi connectivity index (χ1n) is 10.3. The Bertz CT molecular complexity index is 1420. The first-order valence-corrected chi connectivity index (χ1v) is 12.6. The summed E-state index contributed by atoms with van der Waals surface area (Å²) in [4.78, 5) is 28.7. The average molecular weight is 554 g/mol.